The van der Waals surface area contributed by atoms with Crippen LogP contribution in [0.2, 0.25) is 0 Å². The lowest BCUT2D eigenvalue weighted by molar-refractivity contribution is 0.730. The van der Waals surface area contributed by atoms with Gasteiger partial charge in [-0.1, -0.05) is 12.1 Å². The molecule has 0 saturated carbocycles. The number of hydrogen-bond acceptors (Lipinski definition) is 0. The lowest BCUT2D eigenvalue weighted by Crippen LogP contribution is -1.77. The molecular formula is C6H10. The van der Waals surface area contributed by atoms with Crippen molar-refractivity contribution in [1.82, 2.24) is 0 Å². The van der Waals surface area contributed by atoms with Crippen LogP contribution in [-0.2, 0) is 0 Å². The topological polar surface area (TPSA) is 0 Å². The minimum Gasteiger partial charge on any atom is -0.0885 e. The van der Waals surface area contributed by atoms with Crippen molar-refractivity contribution in [3.05, 3.63) is 12.1 Å². The molecule has 0 aromatic carbocycles. The molecule has 0 spiro atoms. The predicted molar refractivity (Wildman–Crippen MR) is 27.6 cm³/mol. The van der Waals surface area contributed by atoms with Gasteiger partial charge in [0.1, 0.15) is 0 Å². The maximum atomic E-state index is 7.35. The molecule has 0 N–H and O–H groups in total. The van der Waals surface area contributed by atoms with E-state index in [1.165, 1.54) is 0 Å². The number of rotatable bonds is 0. The zero-order valence-electron chi connectivity index (χ0n) is 13.0. The molecule has 0 aromatic rings. The summed E-state index contributed by atoms with van der Waals surface area (Å²) >= 11 is 0. The molecule has 0 saturated heterocycles. The van der Waals surface area contributed by atoms with Crippen molar-refractivity contribution in [3.8, 4) is 0 Å². The highest BCUT2D eigenvalue weighted by molar-refractivity contribution is 4.85. The molecule has 0 aromatic heterocycles. The molecule has 0 aliphatic heterocycles. The van der Waals surface area contributed by atoms with Crippen LogP contribution >= 0.6 is 0 Å². The highest BCUT2D eigenvalue weighted by atomic mass is 13.9. The maximum absolute atomic E-state index is 7.35. The fraction of sp³-hybridized carbons (Fsp3) is 0.667. The van der Waals surface area contributed by atoms with Crippen LogP contribution < -0.4 is 0 Å². The second kappa shape index (κ2) is 2.01. The average Bonchev–Trinajstić information content (AvgIpc) is 2.12. The molecule has 1 rings (SSSR count). The Morgan fingerprint density at radius 3 is 2.33 bits per heavy atom. The summed E-state index contributed by atoms with van der Waals surface area (Å²) in [7, 11) is 0. The highest BCUT2D eigenvalue weighted by Gasteiger charge is 1.87. The monoisotopic (exact) mass is 92.1 g/mol. The Balaban J connectivity index is 3.64. The Bertz CT molecular complexity index is 316. The van der Waals surface area contributed by atoms with Gasteiger partial charge in [-0.05, 0) is 25.5 Å². The molecular weight excluding hydrogens is 72.1 g/mol. The van der Waals surface area contributed by atoms with Gasteiger partial charge in [-0.15, -0.1) is 0 Å². The van der Waals surface area contributed by atoms with E-state index in [0.717, 1.165) is 0 Å². The zero-order chi connectivity index (χ0) is 13.2. The Hall–Kier alpha value is -0.260. The molecule has 0 nitrogen and oxygen atoms in total. The molecule has 1 aliphatic carbocycles. The molecule has 0 heteroatoms. The van der Waals surface area contributed by atoms with E-state index in [4.69, 9.17) is 13.7 Å². The van der Waals surface area contributed by atoms with Gasteiger partial charge in [-0.25, -0.2) is 0 Å². The fourth-order valence-electron chi connectivity index (χ4n) is 0.188. The summed E-state index contributed by atoms with van der Waals surface area (Å²) < 4.78 is 73.1. The van der Waals surface area contributed by atoms with Gasteiger partial charge in [-0.2, -0.15) is 0 Å². The first-order valence-electron chi connectivity index (χ1n) is 6.50. The highest BCUT2D eigenvalue weighted by Crippen LogP contribution is 2.07. The van der Waals surface area contributed by atoms with Gasteiger partial charge in [0.15, 0.2) is 0 Å². The minimum absolute atomic E-state index is 1.15. The Morgan fingerprint density at radius 1 is 1.33 bits per heavy atom. The lowest BCUT2D eigenvalue weighted by Gasteiger charge is -1.97. The first-order valence-corrected chi connectivity index (χ1v) is 1.50. The van der Waals surface area contributed by atoms with Crippen molar-refractivity contribution in [3.63, 3.8) is 0 Å². The van der Waals surface area contributed by atoms with Crippen LogP contribution in [-0.4, -0.2) is 0 Å². The molecule has 0 atom stereocenters. The Morgan fingerprint density at radius 2 is 1.83 bits per heavy atom. The third-order valence-electron chi connectivity index (χ3n) is 0.375. The largest absolute Gasteiger partial charge is 0.0885 e. The SMILES string of the molecule is [2H]C1=C([2H])C([2H])([2H])C([2H])([2H])C([2H])([2H])C1([2H])[2H]. The smallest absolute Gasteiger partial charge is 0.0572 e. The third kappa shape index (κ3) is 0.852. The Kier molecular flexibility index (Phi) is 0.175. The van der Waals surface area contributed by atoms with Gasteiger partial charge >= 0.3 is 0 Å². The zero-order valence-corrected chi connectivity index (χ0v) is 3.00. The van der Waals surface area contributed by atoms with E-state index in [1.54, 1.807) is 0 Å². The molecule has 34 valence electrons. The van der Waals surface area contributed by atoms with E-state index >= 15 is 0 Å². The van der Waals surface area contributed by atoms with Crippen molar-refractivity contribution in [2.45, 2.75) is 25.5 Å². The van der Waals surface area contributed by atoms with Gasteiger partial charge in [-0.3, -0.25) is 0 Å². The van der Waals surface area contributed by atoms with Crippen LogP contribution in [0, 0.1) is 0 Å². The number of allylic oxidation sites excluding steroid dienone is 2. The van der Waals surface area contributed by atoms with Crippen molar-refractivity contribution in [1.29, 1.82) is 0 Å². The van der Waals surface area contributed by atoms with Gasteiger partial charge in [0.25, 0.3) is 0 Å². The van der Waals surface area contributed by atoms with E-state index in [-0.39, 0.29) is 0 Å². The van der Waals surface area contributed by atoms with Crippen LogP contribution in [0.3, 0.4) is 0 Å². The van der Waals surface area contributed by atoms with Gasteiger partial charge in [0, 0.05) is 11.0 Å². The second-order valence-electron chi connectivity index (χ2n) is 0.750. The lowest BCUT2D eigenvalue weighted by atomic mass is 10.1. The molecule has 0 radical (unpaired) electrons. The van der Waals surface area contributed by atoms with Crippen LogP contribution in [0.1, 0.15) is 39.2 Å². The first-order chi connectivity index (χ1) is 6.82. The van der Waals surface area contributed by atoms with Gasteiger partial charge < -0.3 is 0 Å². The third-order valence-corrected chi connectivity index (χ3v) is 0.375. The summed E-state index contributed by atoms with van der Waals surface area (Å²) in [5.74, 6) is 0. The predicted octanol–water partition coefficient (Wildman–Crippen LogP) is 2.12. The molecule has 0 heterocycles. The quantitative estimate of drug-likeness (QED) is 0.401. The molecule has 0 fully saturated rings. The fourth-order valence-corrected chi connectivity index (χ4v) is 0.188. The summed E-state index contributed by atoms with van der Waals surface area (Å²) in [6.07, 6.45) is -12.5. The molecule has 6 heavy (non-hydrogen) atoms. The normalized spacial score (nSPS) is 82.7. The summed E-state index contributed by atoms with van der Waals surface area (Å²) in [4.78, 5) is 0. The van der Waals surface area contributed by atoms with Crippen molar-refractivity contribution in [2.75, 3.05) is 0 Å². The van der Waals surface area contributed by atoms with E-state index in [1.807, 2.05) is 0 Å². The molecule has 0 bridgehead atoms. The number of hydrogen-bond donors (Lipinski definition) is 0. The van der Waals surface area contributed by atoms with Crippen molar-refractivity contribution >= 4 is 0 Å². The minimum atomic E-state index is -3.22. The van der Waals surface area contributed by atoms with Crippen molar-refractivity contribution in [2.24, 2.45) is 0 Å². The maximum Gasteiger partial charge on any atom is 0.0572 e. The van der Waals surface area contributed by atoms with Crippen LogP contribution in [0.15, 0.2) is 12.1 Å². The standard InChI is InChI=1S/C6H10/c1-2-4-6-5-3-1/h1-2H,3-6H2/i1D,2D,3D2,4D2,5D2,6D2. The summed E-state index contributed by atoms with van der Waals surface area (Å²) in [6, 6.07) is -2.31. The van der Waals surface area contributed by atoms with Crippen LogP contribution in [0.25, 0.3) is 0 Å². The van der Waals surface area contributed by atoms with Crippen LogP contribution in [0.5, 0.6) is 0 Å². The summed E-state index contributed by atoms with van der Waals surface area (Å²) in [5.41, 5.74) is 0. The molecule has 0 amide bonds. The van der Waals surface area contributed by atoms with Crippen molar-refractivity contribution < 1.29 is 13.7 Å². The summed E-state index contributed by atoms with van der Waals surface area (Å²) in [6.45, 7) is 0. The second-order valence-corrected chi connectivity index (χ2v) is 0.750. The van der Waals surface area contributed by atoms with Gasteiger partial charge in [0.05, 0.1) is 2.74 Å². The molecule has 0 unspecified atom stereocenters. The average molecular weight is 92.2 g/mol. The van der Waals surface area contributed by atoms with E-state index in [9.17, 15) is 0 Å². The van der Waals surface area contributed by atoms with E-state index < -0.39 is 37.6 Å². The Labute approximate surface area is 52.9 Å². The van der Waals surface area contributed by atoms with Crippen LogP contribution in [0.4, 0.5) is 0 Å². The molecule has 1 aliphatic rings. The van der Waals surface area contributed by atoms with Gasteiger partial charge in [0.2, 0.25) is 0 Å². The summed E-state index contributed by atoms with van der Waals surface area (Å²) in [5, 5.41) is 0. The van der Waals surface area contributed by atoms with E-state index in [2.05, 4.69) is 0 Å². The first kappa shape index (κ1) is 0.521. The van der Waals surface area contributed by atoms with E-state index in [0.29, 0.717) is 0 Å².